The molecule has 0 amide bonds. The molecule has 1 aliphatic heterocycles. The first kappa shape index (κ1) is 26.1. The Balaban J connectivity index is 2.10. The molecular weight excluding hydrogens is 471 g/mol. The van der Waals surface area contributed by atoms with Crippen LogP contribution in [0.25, 0.3) is 0 Å². The predicted octanol–water partition coefficient (Wildman–Crippen LogP) is 5.77. The van der Waals surface area contributed by atoms with Crippen LogP contribution in [-0.4, -0.2) is 58.9 Å². The highest BCUT2D eigenvalue weighted by Gasteiger charge is 2.50. The average Bonchev–Trinajstić information content (AvgIpc) is 2.91. The van der Waals surface area contributed by atoms with E-state index in [2.05, 4.69) is 62.0 Å². The monoisotopic (exact) mass is 507 g/mol. The van der Waals surface area contributed by atoms with Crippen molar-refractivity contribution in [3.05, 3.63) is 30.0 Å². The largest absolute Gasteiger partial charge is 0.416 e. The van der Waals surface area contributed by atoms with Crippen LogP contribution in [0.15, 0.2) is 33.9 Å². The summed E-state index contributed by atoms with van der Waals surface area (Å²) in [5.41, 5.74) is 0.741. The minimum Gasteiger partial charge on any atom is -0.416 e. The molecule has 2 atom stereocenters. The highest BCUT2D eigenvalue weighted by molar-refractivity contribution is 7.98. The van der Waals surface area contributed by atoms with Gasteiger partial charge in [-0.2, -0.15) is 4.36 Å². The van der Waals surface area contributed by atoms with Crippen LogP contribution in [0.4, 0.5) is 17.5 Å². The van der Waals surface area contributed by atoms with Gasteiger partial charge >= 0.3 is 0 Å². The first-order chi connectivity index (χ1) is 15.1. The van der Waals surface area contributed by atoms with Gasteiger partial charge in [0.05, 0.1) is 0 Å². The van der Waals surface area contributed by atoms with Crippen LogP contribution in [0.3, 0.4) is 0 Å². The molecule has 0 aliphatic carbocycles. The average molecular weight is 508 g/mol. The minimum absolute atomic E-state index is 0.0269. The fraction of sp³-hybridized carbons (Fsp3) is 0.609. The van der Waals surface area contributed by atoms with Crippen molar-refractivity contribution < 1.29 is 8.63 Å². The zero-order valence-electron chi connectivity index (χ0n) is 21.5. The molecular formula is C23H37N5O2S2Si. The predicted molar refractivity (Wildman–Crippen MR) is 142 cm³/mol. The zero-order valence-corrected chi connectivity index (χ0v) is 24.1. The van der Waals surface area contributed by atoms with E-state index in [9.17, 15) is 4.21 Å². The van der Waals surface area contributed by atoms with Gasteiger partial charge in [-0.15, -0.1) is 0 Å². The van der Waals surface area contributed by atoms with E-state index in [-0.39, 0.29) is 16.5 Å². The van der Waals surface area contributed by atoms with Gasteiger partial charge in [0, 0.05) is 52.1 Å². The van der Waals surface area contributed by atoms with E-state index in [0.717, 1.165) is 17.2 Å². The Morgan fingerprint density at radius 3 is 2.52 bits per heavy atom. The Bertz CT molecular complexity index is 1150. The molecule has 0 unspecified atom stereocenters. The minimum atomic E-state index is -2.31. The van der Waals surface area contributed by atoms with Gasteiger partial charge in [0.2, 0.25) is 0 Å². The van der Waals surface area contributed by atoms with Crippen molar-refractivity contribution in [2.75, 3.05) is 30.3 Å². The molecule has 33 heavy (non-hydrogen) atoms. The second-order valence-electron chi connectivity index (χ2n) is 10.7. The number of aromatic nitrogens is 3. The van der Waals surface area contributed by atoms with E-state index in [4.69, 9.17) is 14.4 Å². The number of nitrogens with zero attached hydrogens (tertiary/aromatic N) is 5. The van der Waals surface area contributed by atoms with Crippen molar-refractivity contribution in [3.63, 3.8) is 0 Å². The lowest BCUT2D eigenvalue weighted by molar-refractivity contribution is 0.197. The van der Waals surface area contributed by atoms with Crippen LogP contribution in [-0.2, 0) is 19.6 Å². The van der Waals surface area contributed by atoms with Crippen molar-refractivity contribution in [3.8, 4) is 0 Å². The topological polar surface area (TPSA) is 80.6 Å². The van der Waals surface area contributed by atoms with Crippen molar-refractivity contribution in [1.29, 1.82) is 0 Å². The van der Waals surface area contributed by atoms with E-state index in [1.807, 2.05) is 24.6 Å². The van der Waals surface area contributed by atoms with Crippen LogP contribution in [0, 0.1) is 0 Å². The summed E-state index contributed by atoms with van der Waals surface area (Å²) in [5.74, 6) is 2.04. The summed E-state index contributed by atoms with van der Waals surface area (Å²) < 4.78 is 23.3. The maximum atomic E-state index is 12.2. The van der Waals surface area contributed by atoms with Crippen LogP contribution in [0.5, 0.6) is 0 Å². The summed E-state index contributed by atoms with van der Waals surface area (Å²) in [6, 6.07) is 5.66. The van der Waals surface area contributed by atoms with E-state index in [1.165, 1.54) is 11.8 Å². The molecule has 0 radical (unpaired) electrons. The van der Waals surface area contributed by atoms with Gasteiger partial charge in [0.25, 0.3) is 0 Å². The van der Waals surface area contributed by atoms with E-state index < -0.39 is 18.0 Å². The highest BCUT2D eigenvalue weighted by Crippen LogP contribution is 2.49. The number of anilines is 2. The third-order valence-electron chi connectivity index (χ3n) is 6.90. The third kappa shape index (κ3) is 5.28. The number of thioether (sulfide) groups is 1. The van der Waals surface area contributed by atoms with Crippen LogP contribution in [0.1, 0.15) is 40.2 Å². The number of hydrogen-bond donors (Lipinski definition) is 0. The van der Waals surface area contributed by atoms with Gasteiger partial charge in [-0.05, 0) is 43.4 Å². The highest BCUT2D eigenvalue weighted by atomic mass is 32.2. The molecule has 182 valence electrons. The van der Waals surface area contributed by atoms with Gasteiger partial charge in [-0.1, -0.05) is 45.5 Å². The molecule has 0 fully saturated rings. The number of rotatable bonds is 6. The summed E-state index contributed by atoms with van der Waals surface area (Å²) >= 11 is 1.52. The molecule has 0 saturated carbocycles. The second kappa shape index (κ2) is 8.94. The van der Waals surface area contributed by atoms with Gasteiger partial charge in [-0.3, -0.25) is 0 Å². The third-order valence-corrected chi connectivity index (χ3v) is 12.6. The Morgan fingerprint density at radius 2 is 1.94 bits per heavy atom. The lowest BCUT2D eigenvalue weighted by Crippen LogP contribution is -2.48. The maximum absolute atomic E-state index is 12.2. The van der Waals surface area contributed by atoms with Crippen molar-refractivity contribution in [2.45, 2.75) is 69.4 Å². The van der Waals surface area contributed by atoms with E-state index in [1.54, 1.807) is 18.6 Å². The number of hydrogen-bond acceptors (Lipinski definition) is 8. The summed E-state index contributed by atoms with van der Waals surface area (Å²) in [7, 11) is -4.27. The quantitative estimate of drug-likeness (QED) is 0.279. The lowest BCUT2D eigenvalue weighted by atomic mass is 9.81. The summed E-state index contributed by atoms with van der Waals surface area (Å²) in [5, 5.41) is 0.837. The standard InChI is InChI=1S/C23H37N5O2S2Si/c1-16-23(5,15-30-33(9,10)22(2,3)4)17-14-24-21(31-6)26-20(17)28(16)19-13-11-12-18(25-19)27-32(7,8)29/h11-14,16H,15H2,1-10H3/t16-,23-/m0/s1. The molecule has 3 rings (SSSR count). The van der Waals surface area contributed by atoms with Crippen LogP contribution in [0.2, 0.25) is 18.1 Å². The second-order valence-corrected chi connectivity index (χ2v) is 18.9. The molecule has 3 heterocycles. The van der Waals surface area contributed by atoms with Crippen LogP contribution < -0.4 is 4.90 Å². The van der Waals surface area contributed by atoms with Gasteiger partial charge < -0.3 is 9.33 Å². The van der Waals surface area contributed by atoms with Crippen molar-refractivity contribution >= 4 is 47.3 Å². The molecule has 0 spiro atoms. The Morgan fingerprint density at radius 1 is 1.27 bits per heavy atom. The van der Waals surface area contributed by atoms with E-state index in [0.29, 0.717) is 17.6 Å². The molecule has 1 aliphatic rings. The SMILES string of the molecule is CSc1ncc2c(n1)N(c1cccc(N=S(C)(C)=O)n1)[C@@H](C)[C@]2(C)CO[Si](C)(C)C(C)(C)C. The molecule has 7 nitrogen and oxygen atoms in total. The van der Waals surface area contributed by atoms with Gasteiger partial charge in [0.1, 0.15) is 11.6 Å². The fourth-order valence-electron chi connectivity index (χ4n) is 3.61. The summed E-state index contributed by atoms with van der Waals surface area (Å²) in [6.07, 6.45) is 7.14. The smallest absolute Gasteiger partial charge is 0.192 e. The van der Waals surface area contributed by atoms with Gasteiger partial charge in [0.15, 0.2) is 19.3 Å². The molecule has 2 aromatic heterocycles. The number of fused-ring (bicyclic) bond motifs is 1. The van der Waals surface area contributed by atoms with E-state index >= 15 is 0 Å². The molecule has 2 aromatic rings. The zero-order chi connectivity index (χ0) is 24.8. The van der Waals surface area contributed by atoms with Crippen molar-refractivity contribution in [1.82, 2.24) is 15.0 Å². The fourth-order valence-corrected chi connectivity index (χ4v) is 5.59. The molecule has 10 heteroatoms. The first-order valence-corrected chi connectivity index (χ1v) is 17.5. The normalized spacial score (nSPS) is 21.3. The Hall–Kier alpha value is -1.49. The molecule has 0 bridgehead atoms. The molecule has 0 aromatic carbocycles. The lowest BCUT2D eigenvalue weighted by Gasteiger charge is -2.40. The summed E-state index contributed by atoms with van der Waals surface area (Å²) in [4.78, 5) is 16.4. The Labute approximate surface area is 204 Å². The van der Waals surface area contributed by atoms with Crippen molar-refractivity contribution in [2.24, 2.45) is 4.36 Å². The molecule has 0 saturated heterocycles. The Kier molecular flexibility index (Phi) is 7.08. The first-order valence-electron chi connectivity index (χ1n) is 11.1. The maximum Gasteiger partial charge on any atom is 0.192 e. The summed E-state index contributed by atoms with van der Waals surface area (Å²) in [6.45, 7) is 16.3. The van der Waals surface area contributed by atoms with Crippen LogP contribution >= 0.6 is 11.8 Å². The number of pyridine rings is 1. The molecule has 0 N–H and O–H groups in total. The van der Waals surface area contributed by atoms with Gasteiger partial charge in [-0.25, -0.2) is 19.2 Å².